The van der Waals surface area contributed by atoms with Crippen molar-refractivity contribution in [3.8, 4) is 6.07 Å². The molecular formula is C15H26N2. The molecule has 2 heteroatoms. The first-order chi connectivity index (χ1) is 8.20. The number of piperidine rings is 1. The Hall–Kier alpha value is -0.550. The zero-order valence-electron chi connectivity index (χ0n) is 11.4. The van der Waals surface area contributed by atoms with Crippen LogP contribution in [0.15, 0.2) is 0 Å². The monoisotopic (exact) mass is 234 g/mol. The van der Waals surface area contributed by atoms with Gasteiger partial charge in [-0.15, -0.1) is 0 Å². The van der Waals surface area contributed by atoms with Crippen molar-refractivity contribution < 1.29 is 0 Å². The SMILES string of the molecule is CC1CC(C)CN(C2CCCCCC2C#N)C1. The number of hydrogen-bond acceptors (Lipinski definition) is 2. The number of rotatable bonds is 1. The number of nitrogens with zero attached hydrogens (tertiary/aromatic N) is 2. The lowest BCUT2D eigenvalue weighted by atomic mass is 9.87. The van der Waals surface area contributed by atoms with Crippen LogP contribution in [0.3, 0.4) is 0 Å². The average Bonchev–Trinajstić information content (AvgIpc) is 2.52. The summed E-state index contributed by atoms with van der Waals surface area (Å²) < 4.78 is 0. The molecule has 96 valence electrons. The lowest BCUT2D eigenvalue weighted by Crippen LogP contribution is -2.47. The third kappa shape index (κ3) is 3.22. The first kappa shape index (κ1) is 12.9. The summed E-state index contributed by atoms with van der Waals surface area (Å²) in [5, 5.41) is 9.37. The predicted octanol–water partition coefficient (Wildman–Crippen LogP) is 3.44. The van der Waals surface area contributed by atoms with Crippen LogP contribution in [0.25, 0.3) is 0 Å². The molecule has 0 amide bonds. The van der Waals surface area contributed by atoms with E-state index < -0.39 is 0 Å². The van der Waals surface area contributed by atoms with E-state index in [4.69, 9.17) is 0 Å². The van der Waals surface area contributed by atoms with Crippen LogP contribution in [-0.4, -0.2) is 24.0 Å². The summed E-state index contributed by atoms with van der Waals surface area (Å²) in [6, 6.07) is 3.13. The Morgan fingerprint density at radius 3 is 2.29 bits per heavy atom. The molecule has 0 bridgehead atoms. The third-order valence-corrected chi connectivity index (χ3v) is 4.51. The van der Waals surface area contributed by atoms with E-state index >= 15 is 0 Å². The van der Waals surface area contributed by atoms with Crippen molar-refractivity contribution in [2.45, 2.75) is 58.4 Å². The van der Waals surface area contributed by atoms with Gasteiger partial charge in [0.05, 0.1) is 12.0 Å². The topological polar surface area (TPSA) is 27.0 Å². The van der Waals surface area contributed by atoms with Gasteiger partial charge in [-0.3, -0.25) is 4.90 Å². The highest BCUT2D eigenvalue weighted by Crippen LogP contribution is 2.31. The molecular weight excluding hydrogens is 208 g/mol. The highest BCUT2D eigenvalue weighted by Gasteiger charge is 2.32. The van der Waals surface area contributed by atoms with Gasteiger partial charge in [-0.1, -0.05) is 33.1 Å². The molecule has 17 heavy (non-hydrogen) atoms. The normalized spacial score (nSPS) is 40.5. The molecule has 1 heterocycles. The quantitative estimate of drug-likeness (QED) is 0.650. The van der Waals surface area contributed by atoms with Crippen LogP contribution in [0.1, 0.15) is 52.4 Å². The van der Waals surface area contributed by atoms with Crippen molar-refractivity contribution >= 4 is 0 Å². The van der Waals surface area contributed by atoms with Gasteiger partial charge in [-0.25, -0.2) is 0 Å². The molecule has 2 aliphatic rings. The lowest BCUT2D eigenvalue weighted by Gasteiger charge is -2.41. The van der Waals surface area contributed by atoms with E-state index in [-0.39, 0.29) is 5.92 Å². The molecule has 2 nitrogen and oxygen atoms in total. The van der Waals surface area contributed by atoms with Crippen LogP contribution in [0.4, 0.5) is 0 Å². The van der Waals surface area contributed by atoms with Crippen molar-refractivity contribution in [1.29, 1.82) is 5.26 Å². The molecule has 2 rings (SSSR count). The maximum atomic E-state index is 9.37. The summed E-state index contributed by atoms with van der Waals surface area (Å²) in [6.07, 6.45) is 7.64. The molecule has 0 aromatic carbocycles. The van der Waals surface area contributed by atoms with E-state index in [1.807, 2.05) is 0 Å². The highest BCUT2D eigenvalue weighted by atomic mass is 15.2. The van der Waals surface area contributed by atoms with Gasteiger partial charge in [0.15, 0.2) is 0 Å². The van der Waals surface area contributed by atoms with E-state index in [1.165, 1.54) is 45.2 Å². The Morgan fingerprint density at radius 2 is 1.65 bits per heavy atom. The Morgan fingerprint density at radius 1 is 1.00 bits per heavy atom. The van der Waals surface area contributed by atoms with Gasteiger partial charge in [-0.05, 0) is 31.1 Å². The molecule has 0 aromatic rings. The molecule has 1 saturated heterocycles. The first-order valence-corrected chi connectivity index (χ1v) is 7.34. The summed E-state index contributed by atoms with van der Waals surface area (Å²) in [7, 11) is 0. The molecule has 1 aliphatic carbocycles. The first-order valence-electron chi connectivity index (χ1n) is 7.34. The molecule has 0 N–H and O–H groups in total. The summed E-state index contributed by atoms with van der Waals surface area (Å²) in [5.41, 5.74) is 0. The molecule has 0 spiro atoms. The van der Waals surface area contributed by atoms with Crippen molar-refractivity contribution in [3.63, 3.8) is 0 Å². The predicted molar refractivity (Wildman–Crippen MR) is 70.5 cm³/mol. The second-order valence-electron chi connectivity index (χ2n) is 6.34. The fourth-order valence-corrected chi connectivity index (χ4v) is 3.86. The van der Waals surface area contributed by atoms with Crippen LogP contribution in [0.2, 0.25) is 0 Å². The van der Waals surface area contributed by atoms with Crippen LogP contribution in [0.5, 0.6) is 0 Å². The fraction of sp³-hybridized carbons (Fsp3) is 0.933. The Balaban J connectivity index is 2.04. The summed E-state index contributed by atoms with van der Waals surface area (Å²) >= 11 is 0. The van der Waals surface area contributed by atoms with E-state index in [1.54, 1.807) is 0 Å². The zero-order valence-corrected chi connectivity index (χ0v) is 11.4. The molecule has 0 aromatic heterocycles. The maximum Gasteiger partial charge on any atom is 0.0672 e. The van der Waals surface area contributed by atoms with Crippen LogP contribution in [0, 0.1) is 29.1 Å². The minimum Gasteiger partial charge on any atom is -0.299 e. The van der Waals surface area contributed by atoms with Crippen LogP contribution >= 0.6 is 0 Å². The number of nitriles is 1. The maximum absolute atomic E-state index is 9.37. The van der Waals surface area contributed by atoms with Crippen LogP contribution < -0.4 is 0 Å². The van der Waals surface area contributed by atoms with Gasteiger partial charge >= 0.3 is 0 Å². The number of likely N-dealkylation sites (tertiary alicyclic amines) is 1. The minimum atomic E-state index is 0.287. The van der Waals surface area contributed by atoms with E-state index in [9.17, 15) is 5.26 Å². The summed E-state index contributed by atoms with van der Waals surface area (Å²) in [6.45, 7) is 7.15. The van der Waals surface area contributed by atoms with Crippen molar-refractivity contribution in [2.75, 3.05) is 13.1 Å². The standard InChI is InChI=1S/C15H26N2/c1-12-8-13(2)11-17(10-12)15-7-5-3-4-6-14(15)9-16/h12-15H,3-8,10-11H2,1-2H3. The van der Waals surface area contributed by atoms with Crippen molar-refractivity contribution in [2.24, 2.45) is 17.8 Å². The molecule has 2 fully saturated rings. The van der Waals surface area contributed by atoms with Crippen molar-refractivity contribution in [3.05, 3.63) is 0 Å². The van der Waals surface area contributed by atoms with Gasteiger partial charge in [0.1, 0.15) is 0 Å². The third-order valence-electron chi connectivity index (χ3n) is 4.51. The second-order valence-corrected chi connectivity index (χ2v) is 6.34. The van der Waals surface area contributed by atoms with Crippen LogP contribution in [-0.2, 0) is 0 Å². The summed E-state index contributed by atoms with van der Waals surface area (Å²) in [5.74, 6) is 1.90. The van der Waals surface area contributed by atoms with E-state index in [0.717, 1.165) is 18.3 Å². The lowest BCUT2D eigenvalue weighted by molar-refractivity contribution is 0.0729. The summed E-state index contributed by atoms with van der Waals surface area (Å²) in [4.78, 5) is 2.64. The Labute approximate surface area is 106 Å². The van der Waals surface area contributed by atoms with Gasteiger partial charge in [0.2, 0.25) is 0 Å². The molecule has 0 radical (unpaired) electrons. The molecule has 1 aliphatic heterocycles. The smallest absolute Gasteiger partial charge is 0.0672 e. The minimum absolute atomic E-state index is 0.287. The second kappa shape index (κ2) is 5.87. The Bertz CT molecular complexity index is 271. The van der Waals surface area contributed by atoms with Gasteiger partial charge in [0.25, 0.3) is 0 Å². The largest absolute Gasteiger partial charge is 0.299 e. The van der Waals surface area contributed by atoms with Gasteiger partial charge in [0, 0.05) is 19.1 Å². The zero-order chi connectivity index (χ0) is 12.3. The fourth-order valence-electron chi connectivity index (χ4n) is 3.86. The highest BCUT2D eigenvalue weighted by molar-refractivity contribution is 4.96. The number of hydrogen-bond donors (Lipinski definition) is 0. The van der Waals surface area contributed by atoms with E-state index in [0.29, 0.717) is 6.04 Å². The molecule has 1 saturated carbocycles. The average molecular weight is 234 g/mol. The van der Waals surface area contributed by atoms with Gasteiger partial charge in [-0.2, -0.15) is 5.26 Å². The van der Waals surface area contributed by atoms with Crippen molar-refractivity contribution in [1.82, 2.24) is 4.90 Å². The Kier molecular flexibility index (Phi) is 4.45. The molecule has 4 unspecified atom stereocenters. The van der Waals surface area contributed by atoms with E-state index in [2.05, 4.69) is 24.8 Å². The van der Waals surface area contributed by atoms with Gasteiger partial charge < -0.3 is 0 Å². The molecule has 4 atom stereocenters.